The van der Waals surface area contributed by atoms with E-state index in [1.165, 1.54) is 30.0 Å². The molecule has 0 heterocycles. The van der Waals surface area contributed by atoms with Crippen molar-refractivity contribution < 1.29 is 14.8 Å². The maximum Gasteiger partial charge on any atom is 0.276 e. The Morgan fingerprint density at radius 2 is 2.19 bits per heavy atom. The lowest BCUT2D eigenvalue weighted by molar-refractivity contribution is -0.385. The molecule has 0 aromatic heterocycles. The first-order chi connectivity index (χ1) is 9.99. The van der Waals surface area contributed by atoms with Crippen LogP contribution >= 0.6 is 11.8 Å². The third-order valence-electron chi connectivity index (χ3n) is 2.96. The molecular formula is C14H18N2O4S. The molecule has 0 spiro atoms. The average Bonchev–Trinajstić information content (AvgIpc) is 2.46. The van der Waals surface area contributed by atoms with Gasteiger partial charge < -0.3 is 10.4 Å². The molecule has 2 atom stereocenters. The topological polar surface area (TPSA) is 92.5 Å². The summed E-state index contributed by atoms with van der Waals surface area (Å²) >= 11 is 1.46. The first-order valence-corrected chi connectivity index (χ1v) is 7.64. The quantitative estimate of drug-likeness (QED) is 0.455. The summed E-state index contributed by atoms with van der Waals surface area (Å²) in [6, 6.07) is 6.00. The van der Waals surface area contributed by atoms with Crippen molar-refractivity contribution in [1.82, 2.24) is 5.32 Å². The Kier molecular flexibility index (Phi) is 6.90. The number of aliphatic hydroxyl groups excluding tert-OH is 1. The zero-order chi connectivity index (χ0) is 15.8. The van der Waals surface area contributed by atoms with Gasteiger partial charge in [-0.15, -0.1) is 0 Å². The Hall–Kier alpha value is -1.86. The lowest BCUT2D eigenvalue weighted by atomic mass is 10.1. The van der Waals surface area contributed by atoms with Crippen molar-refractivity contribution in [3.63, 3.8) is 0 Å². The van der Waals surface area contributed by atoms with E-state index in [2.05, 4.69) is 5.32 Å². The number of hydrogen-bond acceptors (Lipinski definition) is 5. The van der Waals surface area contributed by atoms with Crippen LogP contribution in [0.4, 0.5) is 5.69 Å². The van der Waals surface area contributed by atoms with Gasteiger partial charge in [0.25, 0.3) is 5.69 Å². The van der Waals surface area contributed by atoms with E-state index < -0.39 is 4.92 Å². The van der Waals surface area contributed by atoms with Gasteiger partial charge in [-0.25, -0.2) is 0 Å². The number of nitrogens with zero attached hydrogens (tertiary/aromatic N) is 1. The van der Waals surface area contributed by atoms with Gasteiger partial charge in [0.15, 0.2) is 0 Å². The Morgan fingerprint density at radius 3 is 2.76 bits per heavy atom. The monoisotopic (exact) mass is 310 g/mol. The van der Waals surface area contributed by atoms with Gasteiger partial charge in [-0.05, 0) is 25.3 Å². The zero-order valence-corrected chi connectivity index (χ0v) is 12.7. The number of thioether (sulfide) groups is 1. The summed E-state index contributed by atoms with van der Waals surface area (Å²) in [6.07, 6.45) is 4.52. The number of carbonyl (C=O) groups excluding carboxylic acids is 1. The average molecular weight is 310 g/mol. The molecule has 2 unspecified atom stereocenters. The van der Waals surface area contributed by atoms with Crippen LogP contribution < -0.4 is 5.32 Å². The van der Waals surface area contributed by atoms with E-state index in [0.29, 0.717) is 5.56 Å². The summed E-state index contributed by atoms with van der Waals surface area (Å²) in [5.41, 5.74) is 0.320. The van der Waals surface area contributed by atoms with Crippen LogP contribution in [-0.4, -0.2) is 40.1 Å². The second kappa shape index (κ2) is 8.43. The number of aliphatic hydroxyl groups is 1. The van der Waals surface area contributed by atoms with Crippen LogP contribution in [0.1, 0.15) is 12.5 Å². The van der Waals surface area contributed by atoms with Crippen molar-refractivity contribution in [1.29, 1.82) is 0 Å². The Bertz CT molecular complexity index is 529. The fraction of sp³-hybridized carbons (Fsp3) is 0.357. The molecule has 1 aromatic carbocycles. The Balaban J connectivity index is 2.73. The maximum absolute atomic E-state index is 11.8. The number of benzene rings is 1. The minimum absolute atomic E-state index is 0.0313. The molecule has 0 fully saturated rings. The molecule has 1 rings (SSSR count). The molecule has 0 saturated carbocycles. The van der Waals surface area contributed by atoms with Gasteiger partial charge in [0.1, 0.15) is 0 Å². The molecule has 6 nitrogen and oxygen atoms in total. The van der Waals surface area contributed by atoms with E-state index in [9.17, 15) is 14.9 Å². The van der Waals surface area contributed by atoms with Crippen LogP contribution in [0.3, 0.4) is 0 Å². The summed E-state index contributed by atoms with van der Waals surface area (Å²) in [6.45, 7) is 1.77. The van der Waals surface area contributed by atoms with Crippen LogP contribution in [0.2, 0.25) is 0 Å². The fourth-order valence-corrected chi connectivity index (χ4v) is 2.39. The largest absolute Gasteiger partial charge is 0.395 e. The third-order valence-corrected chi connectivity index (χ3v) is 4.12. The van der Waals surface area contributed by atoms with Gasteiger partial charge in [-0.3, -0.25) is 14.9 Å². The molecule has 0 radical (unpaired) electrons. The highest BCUT2D eigenvalue weighted by Gasteiger charge is 2.16. The van der Waals surface area contributed by atoms with Crippen molar-refractivity contribution in [2.45, 2.75) is 18.2 Å². The lowest BCUT2D eigenvalue weighted by Gasteiger charge is -2.20. The number of hydrogen-bond donors (Lipinski definition) is 2. The maximum atomic E-state index is 11.8. The molecule has 0 aliphatic rings. The van der Waals surface area contributed by atoms with Crippen LogP contribution in [-0.2, 0) is 4.79 Å². The van der Waals surface area contributed by atoms with Gasteiger partial charge in [-0.2, -0.15) is 11.8 Å². The van der Waals surface area contributed by atoms with Gasteiger partial charge >= 0.3 is 0 Å². The molecular weight excluding hydrogens is 292 g/mol. The molecule has 1 amide bonds. The standard InChI is InChI=1S/C14H18N2O4S/c1-10(13(9-17)21-2)15-14(18)8-7-11-5-3-4-6-12(11)16(19)20/h3-8,10,13,17H,9H2,1-2H3,(H,15,18)/b8-7+. The molecule has 0 aliphatic heterocycles. The molecule has 0 bridgehead atoms. The highest BCUT2D eigenvalue weighted by Crippen LogP contribution is 2.18. The van der Waals surface area contributed by atoms with Gasteiger partial charge in [0, 0.05) is 23.4 Å². The second-order valence-electron chi connectivity index (χ2n) is 4.40. The van der Waals surface area contributed by atoms with Crippen LogP contribution in [0.25, 0.3) is 6.08 Å². The van der Waals surface area contributed by atoms with Crippen molar-refractivity contribution >= 4 is 29.4 Å². The van der Waals surface area contributed by atoms with E-state index >= 15 is 0 Å². The number of nitro groups is 1. The first kappa shape index (κ1) is 17.2. The molecule has 0 aliphatic carbocycles. The SMILES string of the molecule is CSC(CO)C(C)NC(=O)/C=C/c1ccccc1[N+](=O)[O-]. The van der Waals surface area contributed by atoms with E-state index in [1.807, 2.05) is 6.26 Å². The molecule has 21 heavy (non-hydrogen) atoms. The van der Waals surface area contributed by atoms with Gasteiger partial charge in [0.05, 0.1) is 17.1 Å². The van der Waals surface area contributed by atoms with Crippen LogP contribution in [0, 0.1) is 10.1 Å². The Labute approximate surface area is 127 Å². The number of para-hydroxylation sites is 1. The van der Waals surface area contributed by atoms with Crippen molar-refractivity contribution in [3.05, 3.63) is 46.0 Å². The number of nitrogens with one attached hydrogen (secondary N) is 1. The molecule has 2 N–H and O–H groups in total. The van der Waals surface area contributed by atoms with Crippen molar-refractivity contribution in [2.24, 2.45) is 0 Å². The summed E-state index contributed by atoms with van der Waals surface area (Å²) in [4.78, 5) is 22.1. The number of carbonyl (C=O) groups is 1. The molecule has 114 valence electrons. The smallest absolute Gasteiger partial charge is 0.276 e. The second-order valence-corrected chi connectivity index (χ2v) is 5.48. The number of nitro benzene ring substituents is 1. The van der Waals surface area contributed by atoms with Crippen molar-refractivity contribution in [3.8, 4) is 0 Å². The predicted molar refractivity (Wildman–Crippen MR) is 84.1 cm³/mol. The van der Waals surface area contributed by atoms with E-state index in [1.54, 1.807) is 25.1 Å². The van der Waals surface area contributed by atoms with E-state index in [0.717, 1.165) is 0 Å². The highest BCUT2D eigenvalue weighted by atomic mass is 32.2. The minimum atomic E-state index is -0.490. The Morgan fingerprint density at radius 1 is 1.52 bits per heavy atom. The van der Waals surface area contributed by atoms with Crippen molar-refractivity contribution in [2.75, 3.05) is 12.9 Å². The lowest BCUT2D eigenvalue weighted by Crippen LogP contribution is -2.40. The fourth-order valence-electron chi connectivity index (χ4n) is 1.76. The van der Waals surface area contributed by atoms with E-state index in [4.69, 9.17) is 5.11 Å². The summed E-state index contributed by atoms with van der Waals surface area (Å²) in [5, 5.41) is 22.6. The summed E-state index contributed by atoms with van der Waals surface area (Å²) < 4.78 is 0. The third kappa shape index (κ3) is 5.20. The predicted octanol–water partition coefficient (Wildman–Crippen LogP) is 1.84. The molecule has 0 saturated heterocycles. The number of amides is 1. The normalized spacial score (nSPS) is 13.9. The highest BCUT2D eigenvalue weighted by molar-refractivity contribution is 7.99. The molecule has 7 heteroatoms. The van der Waals surface area contributed by atoms with Crippen LogP contribution in [0.15, 0.2) is 30.3 Å². The summed E-state index contributed by atoms with van der Waals surface area (Å²) in [7, 11) is 0. The molecule has 1 aromatic rings. The number of rotatable bonds is 7. The van der Waals surface area contributed by atoms with Crippen LogP contribution in [0.5, 0.6) is 0 Å². The first-order valence-electron chi connectivity index (χ1n) is 6.35. The zero-order valence-electron chi connectivity index (χ0n) is 11.9. The summed E-state index contributed by atoms with van der Waals surface area (Å²) in [5.74, 6) is -0.354. The minimum Gasteiger partial charge on any atom is -0.395 e. The van der Waals surface area contributed by atoms with E-state index in [-0.39, 0.29) is 29.5 Å². The van der Waals surface area contributed by atoms with Gasteiger partial charge in [-0.1, -0.05) is 12.1 Å². The van der Waals surface area contributed by atoms with Gasteiger partial charge in [0.2, 0.25) is 5.91 Å².